The van der Waals surface area contributed by atoms with Gasteiger partial charge in [0.05, 0.1) is 11.2 Å². The number of hydrogen-bond donors (Lipinski definition) is 2. The molecule has 0 saturated carbocycles. The molecule has 2 aromatic heterocycles. The molecular formula is C23H18N4O3. The van der Waals surface area contributed by atoms with Gasteiger partial charge in [0.15, 0.2) is 11.5 Å². The molecule has 0 atom stereocenters. The normalized spacial score (nSPS) is 12.0. The first-order valence-corrected chi connectivity index (χ1v) is 9.50. The summed E-state index contributed by atoms with van der Waals surface area (Å²) in [6, 6.07) is 19.0. The minimum Gasteiger partial charge on any atom is -0.454 e. The fraction of sp³-hybridized carbons (Fsp3) is 0.0870. The second-order valence-corrected chi connectivity index (χ2v) is 6.81. The highest BCUT2D eigenvalue weighted by atomic mass is 16.7. The lowest BCUT2D eigenvalue weighted by molar-refractivity contribution is 0.0946. The molecule has 0 fully saturated rings. The van der Waals surface area contributed by atoms with Gasteiger partial charge >= 0.3 is 0 Å². The van der Waals surface area contributed by atoms with Crippen LogP contribution in [-0.4, -0.2) is 22.7 Å². The predicted molar refractivity (Wildman–Crippen MR) is 113 cm³/mol. The van der Waals surface area contributed by atoms with Crippen molar-refractivity contribution in [2.75, 3.05) is 12.1 Å². The Kier molecular flexibility index (Phi) is 4.61. The number of carbonyl (C=O) groups is 1. The Labute approximate surface area is 172 Å². The third-order valence-corrected chi connectivity index (χ3v) is 4.79. The van der Waals surface area contributed by atoms with Crippen molar-refractivity contribution in [1.29, 1.82) is 0 Å². The van der Waals surface area contributed by atoms with Gasteiger partial charge < -0.3 is 20.1 Å². The van der Waals surface area contributed by atoms with Crippen molar-refractivity contribution in [2.24, 2.45) is 0 Å². The fourth-order valence-corrected chi connectivity index (χ4v) is 3.32. The largest absolute Gasteiger partial charge is 0.454 e. The van der Waals surface area contributed by atoms with E-state index >= 15 is 0 Å². The molecular weight excluding hydrogens is 380 g/mol. The molecule has 0 aliphatic carbocycles. The summed E-state index contributed by atoms with van der Waals surface area (Å²) in [5, 5.41) is 7.26. The number of rotatable bonds is 5. The number of pyridine rings is 2. The zero-order chi connectivity index (χ0) is 20.3. The second kappa shape index (κ2) is 7.71. The summed E-state index contributed by atoms with van der Waals surface area (Å²) in [5.41, 5.74) is 3.74. The van der Waals surface area contributed by atoms with Gasteiger partial charge in [0.2, 0.25) is 6.79 Å². The van der Waals surface area contributed by atoms with Gasteiger partial charge in [0, 0.05) is 30.0 Å². The molecule has 0 radical (unpaired) electrons. The van der Waals surface area contributed by atoms with E-state index in [-0.39, 0.29) is 12.7 Å². The molecule has 1 aliphatic heterocycles. The lowest BCUT2D eigenvalue weighted by Crippen LogP contribution is -2.23. The lowest BCUT2D eigenvalue weighted by atomic mass is 10.2. The van der Waals surface area contributed by atoms with Crippen LogP contribution in [0.5, 0.6) is 11.5 Å². The van der Waals surface area contributed by atoms with Crippen molar-refractivity contribution in [1.82, 2.24) is 15.3 Å². The minimum atomic E-state index is -0.257. The molecule has 7 heteroatoms. The van der Waals surface area contributed by atoms with Crippen LogP contribution >= 0.6 is 0 Å². The number of aromatic nitrogens is 2. The fourth-order valence-electron chi connectivity index (χ4n) is 3.32. The Hall–Kier alpha value is -4.13. The summed E-state index contributed by atoms with van der Waals surface area (Å²) in [4.78, 5) is 21.2. The van der Waals surface area contributed by atoms with E-state index in [1.54, 1.807) is 18.5 Å². The molecule has 0 bridgehead atoms. The molecule has 0 saturated heterocycles. The van der Waals surface area contributed by atoms with Crippen LogP contribution in [0.3, 0.4) is 0 Å². The quantitative estimate of drug-likeness (QED) is 0.528. The molecule has 1 amide bonds. The van der Waals surface area contributed by atoms with E-state index in [2.05, 4.69) is 20.6 Å². The van der Waals surface area contributed by atoms with Gasteiger partial charge in [-0.1, -0.05) is 24.3 Å². The van der Waals surface area contributed by atoms with Crippen molar-refractivity contribution >= 4 is 28.2 Å². The van der Waals surface area contributed by atoms with Gasteiger partial charge in [-0.3, -0.25) is 14.8 Å². The first-order valence-electron chi connectivity index (χ1n) is 9.50. The van der Waals surface area contributed by atoms with Gasteiger partial charge in [-0.2, -0.15) is 0 Å². The second-order valence-electron chi connectivity index (χ2n) is 6.81. The summed E-state index contributed by atoms with van der Waals surface area (Å²) in [7, 11) is 0. The topological polar surface area (TPSA) is 85.4 Å². The first-order chi connectivity index (χ1) is 14.8. The number of nitrogens with one attached hydrogen (secondary N) is 2. The average molecular weight is 398 g/mol. The van der Waals surface area contributed by atoms with Crippen LogP contribution in [0.1, 0.15) is 16.1 Å². The number of ether oxygens (including phenoxy) is 2. The standard InChI is InChI=1S/C23H18N4O3/c28-23(26-13-15-6-7-20-21(11-15)30-14-29-20)19-12-17(8-10-24-19)27-18-5-1-3-16-4-2-9-25-22(16)18/h1-12H,13-14H2,(H,24,27)(H,26,28). The van der Waals surface area contributed by atoms with Gasteiger partial charge in [0.1, 0.15) is 5.69 Å². The summed E-state index contributed by atoms with van der Waals surface area (Å²) in [5.74, 6) is 1.15. The summed E-state index contributed by atoms with van der Waals surface area (Å²) in [6.07, 6.45) is 3.37. The Morgan fingerprint density at radius 1 is 0.933 bits per heavy atom. The molecule has 3 heterocycles. The maximum absolute atomic E-state index is 12.6. The Balaban J connectivity index is 1.30. The van der Waals surface area contributed by atoms with E-state index in [1.807, 2.05) is 54.6 Å². The van der Waals surface area contributed by atoms with Crippen LogP contribution in [0.2, 0.25) is 0 Å². The zero-order valence-electron chi connectivity index (χ0n) is 16.0. The molecule has 148 valence electrons. The van der Waals surface area contributed by atoms with E-state index in [4.69, 9.17) is 9.47 Å². The van der Waals surface area contributed by atoms with Crippen molar-refractivity contribution in [3.63, 3.8) is 0 Å². The summed E-state index contributed by atoms with van der Waals surface area (Å²) in [6.45, 7) is 0.586. The van der Waals surface area contributed by atoms with E-state index in [9.17, 15) is 4.79 Å². The van der Waals surface area contributed by atoms with Crippen LogP contribution in [0.4, 0.5) is 11.4 Å². The lowest BCUT2D eigenvalue weighted by Gasteiger charge is -2.10. The monoisotopic (exact) mass is 398 g/mol. The Morgan fingerprint density at radius 2 is 1.83 bits per heavy atom. The zero-order valence-corrected chi connectivity index (χ0v) is 16.0. The number of fused-ring (bicyclic) bond motifs is 2. The number of nitrogens with zero attached hydrogens (tertiary/aromatic N) is 2. The van der Waals surface area contributed by atoms with Crippen LogP contribution in [0.25, 0.3) is 10.9 Å². The Bertz CT molecular complexity index is 1240. The average Bonchev–Trinajstić information content (AvgIpc) is 3.26. The highest BCUT2D eigenvalue weighted by molar-refractivity contribution is 5.95. The van der Waals surface area contributed by atoms with Crippen LogP contribution < -0.4 is 20.1 Å². The van der Waals surface area contributed by atoms with Gasteiger partial charge in [-0.25, -0.2) is 0 Å². The van der Waals surface area contributed by atoms with Gasteiger partial charge in [0.25, 0.3) is 5.91 Å². The van der Waals surface area contributed by atoms with Gasteiger partial charge in [-0.05, 0) is 42.0 Å². The van der Waals surface area contributed by atoms with Crippen LogP contribution in [0, 0.1) is 0 Å². The molecule has 1 aliphatic rings. The number of carbonyl (C=O) groups excluding carboxylic acids is 1. The van der Waals surface area contributed by atoms with Crippen molar-refractivity contribution in [2.45, 2.75) is 6.54 Å². The van der Waals surface area contributed by atoms with E-state index < -0.39 is 0 Å². The molecule has 7 nitrogen and oxygen atoms in total. The maximum atomic E-state index is 12.6. The number of anilines is 2. The molecule has 0 unspecified atom stereocenters. The molecule has 5 rings (SSSR count). The predicted octanol–water partition coefficient (Wildman–Crippen LogP) is 4.03. The maximum Gasteiger partial charge on any atom is 0.270 e. The van der Waals surface area contributed by atoms with Crippen LogP contribution in [-0.2, 0) is 6.54 Å². The van der Waals surface area contributed by atoms with Crippen LogP contribution in [0.15, 0.2) is 73.1 Å². The van der Waals surface area contributed by atoms with Gasteiger partial charge in [-0.15, -0.1) is 0 Å². The Morgan fingerprint density at radius 3 is 2.80 bits per heavy atom. The number of para-hydroxylation sites is 1. The number of benzene rings is 2. The van der Waals surface area contributed by atoms with E-state index in [0.717, 1.165) is 27.8 Å². The SMILES string of the molecule is O=C(NCc1ccc2c(c1)OCO2)c1cc(Nc2cccc3cccnc23)ccn1. The highest BCUT2D eigenvalue weighted by Crippen LogP contribution is 2.32. The molecule has 2 N–H and O–H groups in total. The van der Waals surface area contributed by atoms with Crippen molar-refractivity contribution in [3.8, 4) is 11.5 Å². The smallest absolute Gasteiger partial charge is 0.270 e. The molecule has 2 aromatic carbocycles. The summed E-state index contributed by atoms with van der Waals surface area (Å²) >= 11 is 0. The minimum absolute atomic E-state index is 0.223. The van der Waals surface area contributed by atoms with E-state index in [1.165, 1.54) is 0 Å². The number of amides is 1. The first kappa shape index (κ1) is 17.9. The molecule has 0 spiro atoms. The van der Waals surface area contributed by atoms with E-state index in [0.29, 0.717) is 23.7 Å². The third-order valence-electron chi connectivity index (χ3n) is 4.79. The van der Waals surface area contributed by atoms with Crippen molar-refractivity contribution < 1.29 is 14.3 Å². The molecule has 4 aromatic rings. The molecule has 30 heavy (non-hydrogen) atoms. The van der Waals surface area contributed by atoms with Crippen molar-refractivity contribution in [3.05, 3.63) is 84.3 Å². The third kappa shape index (κ3) is 3.60. The summed E-state index contributed by atoms with van der Waals surface area (Å²) < 4.78 is 10.7. The number of hydrogen-bond acceptors (Lipinski definition) is 6. The highest BCUT2D eigenvalue weighted by Gasteiger charge is 2.14.